The van der Waals surface area contributed by atoms with E-state index in [1.54, 1.807) is 18.2 Å². The van der Waals surface area contributed by atoms with Crippen molar-refractivity contribution >= 4 is 23.2 Å². The first-order valence-corrected chi connectivity index (χ1v) is 7.16. The molecule has 0 aliphatic carbocycles. The molecule has 0 spiro atoms. The van der Waals surface area contributed by atoms with Crippen molar-refractivity contribution < 1.29 is 4.79 Å². The summed E-state index contributed by atoms with van der Waals surface area (Å²) in [5.41, 5.74) is 1.21. The van der Waals surface area contributed by atoms with E-state index < -0.39 is 0 Å². The van der Waals surface area contributed by atoms with Gasteiger partial charge in [-0.25, -0.2) is 9.67 Å². The van der Waals surface area contributed by atoms with Gasteiger partial charge in [0.15, 0.2) is 0 Å². The van der Waals surface area contributed by atoms with E-state index in [1.165, 1.54) is 17.3 Å². The van der Waals surface area contributed by atoms with Crippen LogP contribution in [0.15, 0.2) is 30.9 Å². The number of amides is 1. The second-order valence-electron chi connectivity index (χ2n) is 4.71. The van der Waals surface area contributed by atoms with Crippen LogP contribution in [0.1, 0.15) is 20.3 Å². The molecule has 1 heterocycles. The van der Waals surface area contributed by atoms with Gasteiger partial charge in [0.1, 0.15) is 18.3 Å². The molecule has 1 aromatic carbocycles. The molecule has 2 rings (SSSR count). The highest BCUT2D eigenvalue weighted by Crippen LogP contribution is 2.27. The standard InChI is InChI=1S/C14H18ClN5O/c1-3-10(2)17-7-13(21)19-12-6-4-5-11(15)14(12)20-9-16-8-18-20/h4-6,8-10,17H,3,7H2,1-2H3,(H,19,21). The van der Waals surface area contributed by atoms with Gasteiger partial charge in [0.05, 0.1) is 17.3 Å². The fourth-order valence-corrected chi connectivity index (χ4v) is 2.04. The highest BCUT2D eigenvalue weighted by atomic mass is 35.5. The first-order chi connectivity index (χ1) is 10.1. The third kappa shape index (κ3) is 4.03. The first-order valence-electron chi connectivity index (χ1n) is 6.78. The van der Waals surface area contributed by atoms with E-state index in [2.05, 4.69) is 27.6 Å². The Hall–Kier alpha value is -1.92. The molecule has 1 aromatic heterocycles. The number of aromatic nitrogens is 3. The molecule has 0 saturated carbocycles. The molecule has 1 atom stereocenters. The first kappa shape index (κ1) is 15.5. The van der Waals surface area contributed by atoms with Crippen LogP contribution in [0, 0.1) is 0 Å². The summed E-state index contributed by atoms with van der Waals surface area (Å²) in [6.45, 7) is 4.35. The van der Waals surface area contributed by atoms with Crippen LogP contribution in [0.4, 0.5) is 5.69 Å². The van der Waals surface area contributed by atoms with Gasteiger partial charge in [-0.1, -0.05) is 24.6 Å². The fraction of sp³-hybridized carbons (Fsp3) is 0.357. The quantitative estimate of drug-likeness (QED) is 0.858. The zero-order valence-electron chi connectivity index (χ0n) is 12.0. The average Bonchev–Trinajstić information content (AvgIpc) is 2.98. The van der Waals surface area contributed by atoms with Gasteiger partial charge in [0.25, 0.3) is 0 Å². The Bertz CT molecular complexity index is 599. The van der Waals surface area contributed by atoms with E-state index in [0.717, 1.165) is 6.42 Å². The molecular formula is C14H18ClN5O. The number of halogens is 1. The molecule has 0 fully saturated rings. The highest BCUT2D eigenvalue weighted by Gasteiger charge is 2.12. The highest BCUT2D eigenvalue weighted by molar-refractivity contribution is 6.33. The molecule has 21 heavy (non-hydrogen) atoms. The molecule has 1 unspecified atom stereocenters. The summed E-state index contributed by atoms with van der Waals surface area (Å²) < 4.78 is 1.53. The lowest BCUT2D eigenvalue weighted by atomic mass is 10.2. The minimum Gasteiger partial charge on any atom is -0.323 e. The van der Waals surface area contributed by atoms with Crippen molar-refractivity contribution in [1.82, 2.24) is 20.1 Å². The molecule has 2 N–H and O–H groups in total. The second kappa shape index (κ2) is 7.19. The summed E-state index contributed by atoms with van der Waals surface area (Å²) in [5.74, 6) is -0.126. The van der Waals surface area contributed by atoms with Crippen molar-refractivity contribution in [3.05, 3.63) is 35.9 Å². The molecule has 2 aromatic rings. The number of anilines is 1. The number of carbonyl (C=O) groups excluding carboxylic acids is 1. The summed E-state index contributed by atoms with van der Waals surface area (Å²) in [6.07, 6.45) is 3.92. The van der Waals surface area contributed by atoms with Crippen LogP contribution in [0.5, 0.6) is 0 Å². The minimum atomic E-state index is -0.126. The zero-order valence-corrected chi connectivity index (χ0v) is 12.8. The maximum absolute atomic E-state index is 12.0. The molecule has 0 aliphatic rings. The van der Waals surface area contributed by atoms with Crippen LogP contribution in [-0.2, 0) is 4.79 Å². The zero-order chi connectivity index (χ0) is 15.2. The molecule has 0 aliphatic heterocycles. The number of hydrogen-bond donors (Lipinski definition) is 2. The van der Waals surface area contributed by atoms with Crippen molar-refractivity contribution in [2.45, 2.75) is 26.3 Å². The van der Waals surface area contributed by atoms with Gasteiger partial charge in [-0.15, -0.1) is 0 Å². The van der Waals surface area contributed by atoms with Crippen molar-refractivity contribution in [3.8, 4) is 5.69 Å². The summed E-state index contributed by atoms with van der Waals surface area (Å²) in [5, 5.41) is 10.5. The number of rotatable bonds is 6. The van der Waals surface area contributed by atoms with Crippen LogP contribution >= 0.6 is 11.6 Å². The van der Waals surface area contributed by atoms with Gasteiger partial charge < -0.3 is 10.6 Å². The van der Waals surface area contributed by atoms with Crippen LogP contribution in [0.2, 0.25) is 5.02 Å². The number of nitrogens with zero attached hydrogens (tertiary/aromatic N) is 3. The lowest BCUT2D eigenvalue weighted by molar-refractivity contribution is -0.115. The van der Waals surface area contributed by atoms with Gasteiger partial charge in [-0.2, -0.15) is 5.10 Å². The largest absolute Gasteiger partial charge is 0.323 e. The van der Waals surface area contributed by atoms with Crippen LogP contribution in [0.25, 0.3) is 5.69 Å². The molecule has 0 bridgehead atoms. The van der Waals surface area contributed by atoms with Crippen LogP contribution in [-0.4, -0.2) is 33.3 Å². The molecule has 6 nitrogen and oxygen atoms in total. The maximum Gasteiger partial charge on any atom is 0.238 e. The second-order valence-corrected chi connectivity index (χ2v) is 5.12. The van der Waals surface area contributed by atoms with Crippen molar-refractivity contribution in [3.63, 3.8) is 0 Å². The van der Waals surface area contributed by atoms with E-state index in [0.29, 0.717) is 22.4 Å². The van der Waals surface area contributed by atoms with Gasteiger partial charge in [0, 0.05) is 6.04 Å². The summed E-state index contributed by atoms with van der Waals surface area (Å²) in [7, 11) is 0. The lowest BCUT2D eigenvalue weighted by Crippen LogP contribution is -2.34. The average molecular weight is 308 g/mol. The Kier molecular flexibility index (Phi) is 5.30. The molecular weight excluding hydrogens is 290 g/mol. The summed E-state index contributed by atoms with van der Waals surface area (Å²) >= 11 is 6.20. The molecule has 0 saturated heterocycles. The number of nitrogens with one attached hydrogen (secondary N) is 2. The van der Waals surface area contributed by atoms with Crippen molar-refractivity contribution in [1.29, 1.82) is 0 Å². The van der Waals surface area contributed by atoms with E-state index in [-0.39, 0.29) is 12.5 Å². The molecule has 0 radical (unpaired) electrons. The van der Waals surface area contributed by atoms with Gasteiger partial charge in [-0.05, 0) is 25.5 Å². The summed E-state index contributed by atoms with van der Waals surface area (Å²) in [6, 6.07) is 5.60. The Balaban J connectivity index is 2.14. The smallest absolute Gasteiger partial charge is 0.238 e. The van der Waals surface area contributed by atoms with E-state index in [1.807, 2.05) is 6.92 Å². The minimum absolute atomic E-state index is 0.126. The Morgan fingerprint density at radius 2 is 2.29 bits per heavy atom. The van der Waals surface area contributed by atoms with Crippen LogP contribution < -0.4 is 10.6 Å². The maximum atomic E-state index is 12.0. The van der Waals surface area contributed by atoms with Gasteiger partial charge >= 0.3 is 0 Å². The Morgan fingerprint density at radius 3 is 2.95 bits per heavy atom. The summed E-state index contributed by atoms with van der Waals surface area (Å²) in [4.78, 5) is 15.9. The van der Waals surface area contributed by atoms with E-state index >= 15 is 0 Å². The predicted octanol–water partition coefficient (Wildman–Crippen LogP) is 2.25. The Labute approximate surface area is 128 Å². The van der Waals surface area contributed by atoms with Crippen molar-refractivity contribution in [2.24, 2.45) is 0 Å². The third-order valence-electron chi connectivity index (χ3n) is 3.13. The van der Waals surface area contributed by atoms with Crippen molar-refractivity contribution in [2.75, 3.05) is 11.9 Å². The SMILES string of the molecule is CCC(C)NCC(=O)Nc1cccc(Cl)c1-n1cncn1. The Morgan fingerprint density at radius 1 is 1.48 bits per heavy atom. The number of para-hydroxylation sites is 1. The number of hydrogen-bond acceptors (Lipinski definition) is 4. The van der Waals surface area contributed by atoms with E-state index in [9.17, 15) is 4.79 Å². The predicted molar refractivity (Wildman–Crippen MR) is 82.8 cm³/mol. The number of benzene rings is 1. The third-order valence-corrected chi connectivity index (χ3v) is 3.44. The topological polar surface area (TPSA) is 71.8 Å². The molecule has 7 heteroatoms. The monoisotopic (exact) mass is 307 g/mol. The van der Waals surface area contributed by atoms with E-state index in [4.69, 9.17) is 11.6 Å². The fourth-order valence-electron chi connectivity index (χ4n) is 1.78. The molecule has 112 valence electrons. The molecule has 1 amide bonds. The lowest BCUT2D eigenvalue weighted by Gasteiger charge is -2.14. The number of carbonyl (C=O) groups is 1. The normalized spacial score (nSPS) is 12.1. The van der Waals surface area contributed by atoms with Crippen LogP contribution in [0.3, 0.4) is 0 Å². The van der Waals surface area contributed by atoms with Gasteiger partial charge in [0.2, 0.25) is 5.91 Å². The van der Waals surface area contributed by atoms with Gasteiger partial charge in [-0.3, -0.25) is 4.79 Å².